The second-order valence-electron chi connectivity index (χ2n) is 8.71. The molecule has 0 N–H and O–H groups in total. The number of methoxy groups -OCH3 is 1. The van der Waals surface area contributed by atoms with E-state index in [4.69, 9.17) is 9.47 Å². The SMILES string of the molecule is CCOC(=O)C1=C(C)N=c2s/c(=C\c3ccc(C)c(Br)c3)c(=O)n2[C@H]1c1c(OC)ccc2ccccc12. The highest BCUT2D eigenvalue weighted by Gasteiger charge is 2.36. The summed E-state index contributed by atoms with van der Waals surface area (Å²) in [4.78, 5) is 32.5. The van der Waals surface area contributed by atoms with E-state index in [0.717, 1.165) is 31.9 Å². The van der Waals surface area contributed by atoms with Gasteiger partial charge in [-0.15, -0.1) is 0 Å². The fraction of sp³-hybridized carbons (Fsp3) is 0.207. The normalized spacial score (nSPS) is 15.5. The highest BCUT2D eigenvalue weighted by Crippen LogP contribution is 2.40. The van der Waals surface area contributed by atoms with Crippen molar-refractivity contribution in [2.45, 2.75) is 26.8 Å². The molecule has 0 bridgehead atoms. The first-order chi connectivity index (χ1) is 17.8. The molecule has 2 heterocycles. The number of allylic oxidation sites excluding steroid dienone is 1. The minimum Gasteiger partial charge on any atom is -0.496 e. The number of thiazole rings is 1. The van der Waals surface area contributed by atoms with Gasteiger partial charge in [-0.05, 0) is 60.9 Å². The third-order valence-electron chi connectivity index (χ3n) is 6.43. The van der Waals surface area contributed by atoms with Gasteiger partial charge in [0.15, 0.2) is 4.80 Å². The van der Waals surface area contributed by atoms with Gasteiger partial charge in [0.05, 0.1) is 29.5 Å². The average molecular weight is 578 g/mol. The van der Waals surface area contributed by atoms with Gasteiger partial charge in [-0.2, -0.15) is 0 Å². The minimum atomic E-state index is -0.761. The van der Waals surface area contributed by atoms with Gasteiger partial charge in [0, 0.05) is 10.0 Å². The van der Waals surface area contributed by atoms with E-state index in [0.29, 0.717) is 26.4 Å². The van der Waals surface area contributed by atoms with Crippen molar-refractivity contribution in [2.75, 3.05) is 13.7 Å². The standard InChI is InChI=1S/C29H25BrN2O4S/c1-5-36-28(34)24-17(3)31-29-32(27(33)23(37-29)15-18-11-10-16(2)21(30)14-18)26(24)25-20-9-7-6-8-19(20)12-13-22(25)35-4/h6-15,26H,5H2,1-4H3/b23-15-/t26-/m1/s1. The van der Waals surface area contributed by atoms with Crippen LogP contribution in [0.5, 0.6) is 5.75 Å². The summed E-state index contributed by atoms with van der Waals surface area (Å²) in [6.45, 7) is 5.77. The van der Waals surface area contributed by atoms with Crippen LogP contribution in [0.1, 0.15) is 36.6 Å². The van der Waals surface area contributed by atoms with Crippen LogP contribution in [0.2, 0.25) is 0 Å². The van der Waals surface area contributed by atoms with Gasteiger partial charge in [0.2, 0.25) is 0 Å². The zero-order valence-corrected chi connectivity index (χ0v) is 23.3. The number of carbonyl (C=O) groups is 1. The Bertz CT molecular complexity index is 1770. The third-order valence-corrected chi connectivity index (χ3v) is 8.27. The lowest BCUT2D eigenvalue weighted by molar-refractivity contribution is -0.139. The highest BCUT2D eigenvalue weighted by atomic mass is 79.9. The van der Waals surface area contributed by atoms with Crippen LogP contribution in [-0.2, 0) is 9.53 Å². The molecule has 1 aromatic heterocycles. The first kappa shape index (κ1) is 25.2. The van der Waals surface area contributed by atoms with Gasteiger partial charge in [0.1, 0.15) is 11.8 Å². The number of benzene rings is 3. The number of carbonyl (C=O) groups excluding carboxylic acids is 1. The van der Waals surface area contributed by atoms with Crippen molar-refractivity contribution in [2.24, 2.45) is 4.99 Å². The molecule has 1 aliphatic heterocycles. The van der Waals surface area contributed by atoms with Crippen molar-refractivity contribution >= 4 is 50.1 Å². The quantitative estimate of drug-likeness (QED) is 0.312. The van der Waals surface area contributed by atoms with Gasteiger partial charge in [-0.3, -0.25) is 9.36 Å². The molecule has 188 valence electrons. The molecule has 0 amide bonds. The van der Waals surface area contributed by atoms with Crippen molar-refractivity contribution in [3.8, 4) is 5.75 Å². The smallest absolute Gasteiger partial charge is 0.338 e. The van der Waals surface area contributed by atoms with Gasteiger partial charge in [-0.1, -0.05) is 69.7 Å². The highest BCUT2D eigenvalue weighted by molar-refractivity contribution is 9.10. The van der Waals surface area contributed by atoms with Crippen LogP contribution in [0, 0.1) is 6.92 Å². The predicted octanol–water partition coefficient (Wildman–Crippen LogP) is 5.03. The average Bonchev–Trinajstić information content (AvgIpc) is 3.19. The fourth-order valence-electron chi connectivity index (χ4n) is 4.65. The predicted molar refractivity (Wildman–Crippen MR) is 150 cm³/mol. The number of nitrogens with zero attached hydrogens (tertiary/aromatic N) is 2. The lowest BCUT2D eigenvalue weighted by Gasteiger charge is -2.27. The molecule has 0 saturated carbocycles. The number of aromatic nitrogens is 1. The number of esters is 1. The number of fused-ring (bicyclic) bond motifs is 2. The third kappa shape index (κ3) is 4.45. The molecule has 8 heteroatoms. The van der Waals surface area contributed by atoms with Gasteiger partial charge in [-0.25, -0.2) is 9.79 Å². The molecule has 37 heavy (non-hydrogen) atoms. The molecule has 3 aromatic carbocycles. The lowest BCUT2D eigenvalue weighted by Crippen LogP contribution is -2.40. The second-order valence-corrected chi connectivity index (χ2v) is 10.6. The molecule has 0 saturated heterocycles. The number of rotatable bonds is 5. The summed E-state index contributed by atoms with van der Waals surface area (Å²) in [5, 5.41) is 1.86. The monoisotopic (exact) mass is 576 g/mol. The number of hydrogen-bond donors (Lipinski definition) is 0. The topological polar surface area (TPSA) is 69.9 Å². The van der Waals surface area contributed by atoms with Crippen molar-refractivity contribution in [3.63, 3.8) is 0 Å². The van der Waals surface area contributed by atoms with Crippen LogP contribution in [0.3, 0.4) is 0 Å². The summed E-state index contributed by atoms with van der Waals surface area (Å²) in [6, 6.07) is 16.9. The fourth-order valence-corrected chi connectivity index (χ4v) is 6.09. The van der Waals surface area contributed by atoms with Crippen LogP contribution in [0.25, 0.3) is 16.8 Å². The van der Waals surface area contributed by atoms with Crippen molar-refractivity contribution < 1.29 is 14.3 Å². The molecule has 0 unspecified atom stereocenters. The van der Waals surface area contributed by atoms with Crippen molar-refractivity contribution in [1.82, 2.24) is 4.57 Å². The molecule has 5 rings (SSSR count). The molecule has 0 spiro atoms. The van der Waals surface area contributed by atoms with E-state index in [1.54, 1.807) is 25.5 Å². The molecule has 6 nitrogen and oxygen atoms in total. The summed E-state index contributed by atoms with van der Waals surface area (Å²) >= 11 is 4.87. The van der Waals surface area contributed by atoms with Gasteiger partial charge >= 0.3 is 5.97 Å². The molecule has 0 aliphatic carbocycles. The Morgan fingerprint density at radius 2 is 1.95 bits per heavy atom. The first-order valence-electron chi connectivity index (χ1n) is 11.9. The molecule has 1 atom stereocenters. The summed E-state index contributed by atoms with van der Waals surface area (Å²) in [5.74, 6) is 0.0812. The van der Waals surface area contributed by atoms with Crippen LogP contribution >= 0.6 is 27.3 Å². The number of aryl methyl sites for hydroxylation is 1. The Morgan fingerprint density at radius 3 is 2.68 bits per heavy atom. The van der Waals surface area contributed by atoms with E-state index in [2.05, 4.69) is 20.9 Å². The Morgan fingerprint density at radius 1 is 1.16 bits per heavy atom. The number of ether oxygens (including phenoxy) is 2. The molecule has 4 aromatic rings. The van der Waals surface area contributed by atoms with E-state index >= 15 is 0 Å². The maximum atomic E-state index is 14.0. The van der Waals surface area contributed by atoms with Crippen LogP contribution in [0.4, 0.5) is 0 Å². The maximum Gasteiger partial charge on any atom is 0.338 e. The van der Waals surface area contributed by atoms with Crippen LogP contribution in [-0.4, -0.2) is 24.3 Å². The first-order valence-corrected chi connectivity index (χ1v) is 13.5. The van der Waals surface area contributed by atoms with Gasteiger partial charge < -0.3 is 9.47 Å². The Hall–Kier alpha value is -3.49. The Kier molecular flexibility index (Phi) is 6.88. The van der Waals surface area contributed by atoms with Crippen LogP contribution in [0.15, 0.2) is 80.1 Å². The zero-order chi connectivity index (χ0) is 26.3. The zero-order valence-electron chi connectivity index (χ0n) is 20.9. The number of halogens is 1. The largest absolute Gasteiger partial charge is 0.496 e. The minimum absolute atomic E-state index is 0.210. The second kappa shape index (κ2) is 10.1. The van der Waals surface area contributed by atoms with E-state index < -0.39 is 12.0 Å². The Labute approximate surface area is 226 Å². The van der Waals surface area contributed by atoms with Crippen molar-refractivity contribution in [3.05, 3.63) is 107 Å². The maximum absolute atomic E-state index is 14.0. The summed E-state index contributed by atoms with van der Waals surface area (Å²) in [7, 11) is 1.59. The Balaban J connectivity index is 1.84. The molecule has 0 radical (unpaired) electrons. The molecular formula is C29H25BrN2O4S. The summed E-state index contributed by atoms with van der Waals surface area (Å²) < 4.78 is 14.3. The van der Waals surface area contributed by atoms with E-state index in [1.165, 1.54) is 11.3 Å². The molecule has 0 fully saturated rings. The van der Waals surface area contributed by atoms with E-state index in [9.17, 15) is 9.59 Å². The molecule has 1 aliphatic rings. The summed E-state index contributed by atoms with van der Waals surface area (Å²) in [5.41, 5.74) is 3.34. The van der Waals surface area contributed by atoms with Gasteiger partial charge in [0.25, 0.3) is 5.56 Å². The lowest BCUT2D eigenvalue weighted by atomic mass is 9.90. The van der Waals surface area contributed by atoms with Crippen LogP contribution < -0.4 is 19.6 Å². The number of hydrogen-bond acceptors (Lipinski definition) is 6. The van der Waals surface area contributed by atoms with E-state index in [1.807, 2.05) is 67.6 Å². The molecular weight excluding hydrogens is 552 g/mol. The van der Waals surface area contributed by atoms with E-state index in [-0.39, 0.29) is 12.2 Å². The summed E-state index contributed by atoms with van der Waals surface area (Å²) in [6.07, 6.45) is 1.86. The van der Waals surface area contributed by atoms with Crippen molar-refractivity contribution in [1.29, 1.82) is 0 Å².